The molecule has 2 aromatic heterocycles. The van der Waals surface area contributed by atoms with Crippen LogP contribution in [0, 0.1) is 11.3 Å². The number of para-hydroxylation sites is 1. The number of fused-ring (bicyclic) bond motifs is 6. The van der Waals surface area contributed by atoms with Crippen LogP contribution in [0.15, 0.2) is 65.8 Å². The van der Waals surface area contributed by atoms with Crippen LogP contribution in [0.25, 0.3) is 10.9 Å². The highest BCUT2D eigenvalue weighted by atomic mass is 33.1. The molecule has 5 aliphatic heterocycles. The number of benzene rings is 2. The lowest BCUT2D eigenvalue weighted by molar-refractivity contribution is -0.222. The minimum atomic E-state index is -2.43. The number of hydrazine groups is 1. The fraction of sp³-hybridized carbons (Fsp3) is 0.569. The maximum Gasteiger partial charge on any atom is 0.426 e. The van der Waals surface area contributed by atoms with Crippen LogP contribution in [-0.4, -0.2) is 149 Å². The molecule has 7 heterocycles. The predicted octanol–water partition coefficient (Wildman–Crippen LogP) is 5.06. The van der Waals surface area contributed by atoms with E-state index in [0.29, 0.717) is 76.0 Å². The van der Waals surface area contributed by atoms with Crippen molar-refractivity contribution in [2.75, 3.05) is 70.7 Å². The number of aromatic amines is 1. The summed E-state index contributed by atoms with van der Waals surface area (Å²) < 4.78 is 17.9. The summed E-state index contributed by atoms with van der Waals surface area (Å²) >= 11 is 0. The summed E-state index contributed by atoms with van der Waals surface area (Å²) in [5.74, 6) is 0.0738. The Morgan fingerprint density at radius 3 is 2.59 bits per heavy atom. The van der Waals surface area contributed by atoms with Gasteiger partial charge in [0.05, 0.1) is 24.2 Å². The SMILES string of the molecule is CC[C@]1(O)C[C@H]2CN(CCc3c([nH]c4ccccc34)[C@@](COC=O)(c3cc4c(cc3OC)N(C)[C@H]3[C@@](O)(C(=O)NNC(=O)OCCSSc5ccccn5)[C@H](O)[C@]5(CC)CCCN6CC[C@]43[C@@H]65)C2)C1. The number of nitrogens with one attached hydrogen (secondary N) is 3. The second-order valence-electron chi connectivity index (χ2n) is 20.4. The molecule has 4 fully saturated rings. The number of pyridine rings is 1. The van der Waals surface area contributed by atoms with E-state index in [1.807, 2.05) is 62.2 Å². The van der Waals surface area contributed by atoms with Gasteiger partial charge in [0.2, 0.25) is 0 Å². The van der Waals surface area contributed by atoms with Gasteiger partial charge in [-0.3, -0.25) is 24.8 Å². The largest absolute Gasteiger partial charge is 0.496 e. The first-order valence-corrected chi connectivity index (χ1v) is 26.8. The third kappa shape index (κ3) is 7.61. The number of likely N-dealkylation sites (N-methyl/N-ethyl adjacent to an activating group) is 1. The lowest BCUT2D eigenvalue weighted by atomic mass is 9.46. The summed E-state index contributed by atoms with van der Waals surface area (Å²) in [5, 5.41) is 40.3. The van der Waals surface area contributed by atoms with Crippen molar-refractivity contribution < 1.29 is 43.9 Å². The second-order valence-corrected chi connectivity index (χ2v) is 22.8. The Labute approximate surface area is 411 Å². The average Bonchev–Trinajstić information content (AvgIpc) is 4.03. The molecule has 4 aromatic rings. The zero-order chi connectivity index (χ0) is 48.3. The number of hydrogen-bond acceptors (Lipinski definition) is 15. The van der Waals surface area contributed by atoms with Crippen molar-refractivity contribution >= 4 is 56.7 Å². The van der Waals surface area contributed by atoms with Crippen LogP contribution in [0.2, 0.25) is 0 Å². The molecule has 18 heteroatoms. The molecule has 1 aliphatic carbocycles. The van der Waals surface area contributed by atoms with Gasteiger partial charge < -0.3 is 39.4 Å². The average molecular weight is 984 g/mol. The molecule has 10 rings (SSSR count). The Hall–Kier alpha value is -4.56. The van der Waals surface area contributed by atoms with Crippen LogP contribution >= 0.6 is 21.6 Å². The molecular formula is C51H65N7O9S2. The van der Waals surface area contributed by atoms with Gasteiger partial charge in [-0.05, 0) is 117 Å². The molecule has 10 atom stereocenters. The molecular weight excluding hydrogens is 919 g/mol. The molecule has 1 saturated carbocycles. The van der Waals surface area contributed by atoms with E-state index < -0.39 is 51.6 Å². The first-order valence-electron chi connectivity index (χ1n) is 24.5. The summed E-state index contributed by atoms with van der Waals surface area (Å²) in [6.45, 7) is 8.19. The molecule has 3 saturated heterocycles. The minimum Gasteiger partial charge on any atom is -0.496 e. The first kappa shape index (κ1) is 48.1. The zero-order valence-corrected chi connectivity index (χ0v) is 41.5. The van der Waals surface area contributed by atoms with E-state index in [-0.39, 0.29) is 25.2 Å². The van der Waals surface area contributed by atoms with E-state index in [1.54, 1.807) is 13.3 Å². The van der Waals surface area contributed by atoms with E-state index in [9.17, 15) is 29.7 Å². The molecule has 2 bridgehead atoms. The predicted molar refractivity (Wildman–Crippen MR) is 264 cm³/mol. The number of carbonyl (C=O) groups is 3. The molecule has 370 valence electrons. The smallest absolute Gasteiger partial charge is 0.426 e. The van der Waals surface area contributed by atoms with Gasteiger partial charge in [-0.2, -0.15) is 0 Å². The van der Waals surface area contributed by atoms with Crippen LogP contribution in [0.1, 0.15) is 81.2 Å². The Morgan fingerprint density at radius 2 is 1.83 bits per heavy atom. The van der Waals surface area contributed by atoms with Crippen LogP contribution in [-0.2, 0) is 36.3 Å². The van der Waals surface area contributed by atoms with Gasteiger partial charge in [-0.15, -0.1) is 0 Å². The summed E-state index contributed by atoms with van der Waals surface area (Å²) in [7, 11) is 6.43. The molecule has 1 unspecified atom stereocenters. The monoisotopic (exact) mass is 983 g/mol. The number of ether oxygens (including phenoxy) is 3. The second kappa shape index (κ2) is 18.6. The first-order chi connectivity index (χ1) is 33.3. The third-order valence-corrected chi connectivity index (χ3v) is 19.3. The van der Waals surface area contributed by atoms with Crippen molar-refractivity contribution in [2.45, 2.75) is 110 Å². The lowest BCUT2D eigenvalue weighted by Crippen LogP contribution is -2.82. The van der Waals surface area contributed by atoms with Crippen molar-refractivity contribution in [1.82, 2.24) is 30.6 Å². The van der Waals surface area contributed by atoms with Crippen molar-refractivity contribution in [1.29, 1.82) is 0 Å². The van der Waals surface area contributed by atoms with Crippen molar-refractivity contribution in [3.63, 3.8) is 0 Å². The number of amides is 2. The molecule has 2 amide bonds. The van der Waals surface area contributed by atoms with Crippen LogP contribution < -0.4 is 20.5 Å². The fourth-order valence-electron chi connectivity index (χ4n) is 14.5. The van der Waals surface area contributed by atoms with Gasteiger partial charge >= 0.3 is 6.09 Å². The zero-order valence-electron chi connectivity index (χ0n) is 39.9. The number of nitrogens with zero attached hydrogens (tertiary/aromatic N) is 4. The fourth-order valence-corrected chi connectivity index (χ4v) is 16.2. The molecule has 6 N–H and O–H groups in total. The molecule has 69 heavy (non-hydrogen) atoms. The lowest BCUT2D eigenvalue weighted by Gasteiger charge is -2.64. The Kier molecular flexibility index (Phi) is 12.9. The van der Waals surface area contributed by atoms with E-state index in [4.69, 9.17) is 14.2 Å². The number of aliphatic hydroxyl groups is 3. The highest BCUT2D eigenvalue weighted by Crippen LogP contribution is 2.68. The molecule has 16 nitrogen and oxygen atoms in total. The van der Waals surface area contributed by atoms with Gasteiger partial charge in [0.25, 0.3) is 12.4 Å². The molecule has 2 aromatic carbocycles. The Morgan fingerprint density at radius 1 is 1.00 bits per heavy atom. The normalized spacial score (nSPS) is 33.4. The van der Waals surface area contributed by atoms with Crippen LogP contribution in [0.5, 0.6) is 5.75 Å². The Balaban J connectivity index is 1.08. The molecule has 6 aliphatic rings. The van der Waals surface area contributed by atoms with E-state index >= 15 is 0 Å². The van der Waals surface area contributed by atoms with E-state index in [1.165, 1.54) is 21.6 Å². The number of methoxy groups -OCH3 is 1. The summed E-state index contributed by atoms with van der Waals surface area (Å²) in [4.78, 5) is 55.5. The molecule has 0 radical (unpaired) electrons. The maximum atomic E-state index is 15.0. The summed E-state index contributed by atoms with van der Waals surface area (Å²) in [5.41, 5.74) is 4.21. The Bertz CT molecular complexity index is 2590. The topological polar surface area (TPSA) is 202 Å². The highest BCUT2D eigenvalue weighted by Gasteiger charge is 2.79. The number of anilines is 1. The third-order valence-electron chi connectivity index (χ3n) is 17.1. The quantitative estimate of drug-likeness (QED) is 0.0449. The van der Waals surface area contributed by atoms with Gasteiger partial charge in [0.1, 0.15) is 30.1 Å². The number of aliphatic hydroxyl groups excluding tert-OH is 1. The standard InChI is InChI=1S/C51H65N7O9S2/c1-5-47(63)26-32-27-49(30-66-31-59,41-34(15-20-57(28-32)29-47)33-12-7-8-13-37(33)53-41)36-24-35-38(25-39(36)65-4)56(3)43-50(35)17-21-58-19-11-16-48(6-2,42(50)58)44(60)51(43,64)45(61)54-55-46(62)67-22-23-68-69-40-14-9-10-18-52-40/h7-10,12-14,18,24-25,31-32,42-44,53,60,63-64H,5-6,11,15-17,19-23,26-30H2,1-4H3,(H,54,61)(H,55,62)/t32-,42+,43-,44-,47+,48-,49+,50-,51+/m1/s1. The van der Waals surface area contributed by atoms with Crippen LogP contribution in [0.3, 0.4) is 0 Å². The highest BCUT2D eigenvalue weighted by molar-refractivity contribution is 8.76. The van der Waals surface area contributed by atoms with Crippen molar-refractivity contribution in [3.05, 3.63) is 83.2 Å². The van der Waals surface area contributed by atoms with Crippen molar-refractivity contribution in [2.24, 2.45) is 11.3 Å². The number of carbonyl (C=O) groups excluding carboxylic acids is 3. The van der Waals surface area contributed by atoms with E-state index in [0.717, 1.165) is 70.1 Å². The summed E-state index contributed by atoms with van der Waals surface area (Å²) in [6, 6.07) is 16.8. The van der Waals surface area contributed by atoms with Gasteiger partial charge in [-0.25, -0.2) is 15.2 Å². The minimum absolute atomic E-state index is 0.00189. The number of aromatic nitrogens is 2. The number of rotatable bonds is 13. The number of piperidine rings is 2. The van der Waals surface area contributed by atoms with Crippen LogP contribution in [0.4, 0.5) is 10.5 Å². The molecule has 1 spiro atoms. The number of H-pyrrole nitrogens is 1. The maximum absolute atomic E-state index is 15.0. The van der Waals surface area contributed by atoms with Gasteiger partial charge in [-0.1, -0.05) is 48.9 Å². The summed E-state index contributed by atoms with van der Waals surface area (Å²) in [6.07, 6.45) is 4.10. The van der Waals surface area contributed by atoms with Gasteiger partial charge in [0.15, 0.2) is 5.60 Å². The van der Waals surface area contributed by atoms with Crippen molar-refractivity contribution in [3.8, 4) is 5.75 Å². The number of hydrogen-bond donors (Lipinski definition) is 6. The van der Waals surface area contributed by atoms with E-state index in [2.05, 4.69) is 48.8 Å². The van der Waals surface area contributed by atoms with Gasteiger partial charge in [0, 0.05) is 89.4 Å².